The molecule has 1 saturated heterocycles. The topological polar surface area (TPSA) is 46.6 Å². The lowest BCUT2D eigenvalue weighted by molar-refractivity contribution is 0.0752. The van der Waals surface area contributed by atoms with Gasteiger partial charge in [-0.2, -0.15) is 4.31 Å². The summed E-state index contributed by atoms with van der Waals surface area (Å²) in [5.74, 6) is 0.314. The first-order valence-electron chi connectivity index (χ1n) is 6.73. The summed E-state index contributed by atoms with van der Waals surface area (Å²) in [5, 5.41) is 0. The number of nitrogens with zero attached hydrogens (tertiary/aromatic N) is 1. The van der Waals surface area contributed by atoms with E-state index in [-0.39, 0.29) is 6.10 Å². The average molecular weight is 318 g/mol. The molecule has 1 atom stereocenters. The summed E-state index contributed by atoms with van der Waals surface area (Å²) in [6.07, 6.45) is 0.640. The van der Waals surface area contributed by atoms with Crippen LogP contribution in [0.1, 0.15) is 24.5 Å². The Balaban J connectivity index is 2.39. The zero-order chi connectivity index (χ0) is 14.8. The summed E-state index contributed by atoms with van der Waals surface area (Å²) >= 11 is 5.86. The van der Waals surface area contributed by atoms with Crippen molar-refractivity contribution < 1.29 is 13.2 Å². The van der Waals surface area contributed by atoms with Crippen LogP contribution in [0.5, 0.6) is 0 Å². The van der Waals surface area contributed by atoms with Gasteiger partial charge < -0.3 is 4.74 Å². The van der Waals surface area contributed by atoms with Crippen LogP contribution in [0.4, 0.5) is 0 Å². The van der Waals surface area contributed by atoms with E-state index in [9.17, 15) is 8.42 Å². The van der Waals surface area contributed by atoms with Crippen LogP contribution in [0, 0.1) is 6.92 Å². The zero-order valence-electron chi connectivity index (χ0n) is 11.8. The van der Waals surface area contributed by atoms with Crippen LogP contribution in [0.3, 0.4) is 0 Å². The van der Waals surface area contributed by atoms with Crippen LogP contribution in [0.15, 0.2) is 23.1 Å². The lowest BCUT2D eigenvalue weighted by atomic mass is 10.1. The lowest BCUT2D eigenvalue weighted by Gasteiger charge is -2.23. The maximum atomic E-state index is 12.8. The highest BCUT2D eigenvalue weighted by molar-refractivity contribution is 7.89. The van der Waals surface area contributed by atoms with Gasteiger partial charge in [-0.15, -0.1) is 11.6 Å². The molecule has 1 aromatic rings. The molecule has 0 aromatic heterocycles. The second kappa shape index (κ2) is 6.43. The van der Waals surface area contributed by atoms with Gasteiger partial charge in [0.2, 0.25) is 10.0 Å². The van der Waals surface area contributed by atoms with E-state index in [1.807, 2.05) is 19.9 Å². The molecular formula is C14H20ClNO3S. The molecule has 1 unspecified atom stereocenters. The van der Waals surface area contributed by atoms with Gasteiger partial charge in [0, 0.05) is 25.6 Å². The second-order valence-electron chi connectivity index (χ2n) is 5.07. The largest absolute Gasteiger partial charge is 0.377 e. The molecule has 0 saturated carbocycles. The van der Waals surface area contributed by atoms with Gasteiger partial charge in [0.1, 0.15) is 0 Å². The van der Waals surface area contributed by atoms with Gasteiger partial charge in [-0.25, -0.2) is 8.42 Å². The molecule has 1 aliphatic rings. The molecule has 1 aliphatic heterocycles. The fourth-order valence-corrected chi connectivity index (χ4v) is 4.51. The van der Waals surface area contributed by atoms with Crippen LogP contribution >= 0.6 is 11.6 Å². The number of sulfonamides is 1. The molecule has 1 aromatic carbocycles. The lowest BCUT2D eigenvalue weighted by Crippen LogP contribution is -2.36. The number of rotatable bonds is 3. The molecule has 0 aliphatic carbocycles. The Morgan fingerprint density at radius 1 is 1.45 bits per heavy atom. The molecule has 112 valence electrons. The Morgan fingerprint density at radius 3 is 2.90 bits per heavy atom. The summed E-state index contributed by atoms with van der Waals surface area (Å²) in [7, 11) is -3.49. The Labute approximate surface area is 125 Å². The van der Waals surface area contributed by atoms with Gasteiger partial charge in [-0.05, 0) is 37.5 Å². The quantitative estimate of drug-likeness (QED) is 0.805. The third kappa shape index (κ3) is 3.17. The minimum absolute atomic E-state index is 0.0798. The maximum Gasteiger partial charge on any atom is 0.243 e. The van der Waals surface area contributed by atoms with Crippen LogP contribution in [-0.2, 0) is 20.6 Å². The van der Waals surface area contributed by atoms with E-state index in [2.05, 4.69) is 0 Å². The minimum Gasteiger partial charge on any atom is -0.377 e. The fourth-order valence-electron chi connectivity index (χ4n) is 2.40. The van der Waals surface area contributed by atoms with Gasteiger partial charge in [0.15, 0.2) is 0 Å². The van der Waals surface area contributed by atoms with Crippen LogP contribution < -0.4 is 0 Å². The highest BCUT2D eigenvalue weighted by Crippen LogP contribution is 2.25. The first-order chi connectivity index (χ1) is 9.46. The van der Waals surface area contributed by atoms with E-state index in [0.29, 0.717) is 30.5 Å². The molecule has 0 spiro atoms. The van der Waals surface area contributed by atoms with E-state index < -0.39 is 10.0 Å². The fraction of sp³-hybridized carbons (Fsp3) is 0.571. The normalized spacial score (nSPS) is 21.6. The molecule has 0 bridgehead atoms. The van der Waals surface area contributed by atoms with Crippen molar-refractivity contribution in [2.75, 3.05) is 19.7 Å². The predicted molar refractivity (Wildman–Crippen MR) is 79.5 cm³/mol. The Kier molecular flexibility index (Phi) is 5.07. The van der Waals surface area contributed by atoms with E-state index >= 15 is 0 Å². The van der Waals surface area contributed by atoms with Crippen LogP contribution in [-0.4, -0.2) is 38.5 Å². The second-order valence-corrected chi connectivity index (χ2v) is 7.25. The van der Waals surface area contributed by atoms with E-state index in [1.165, 1.54) is 4.31 Å². The van der Waals surface area contributed by atoms with Gasteiger partial charge in [-0.3, -0.25) is 0 Å². The van der Waals surface area contributed by atoms with Crippen LogP contribution in [0.25, 0.3) is 0 Å². The van der Waals surface area contributed by atoms with Crippen molar-refractivity contribution in [2.24, 2.45) is 0 Å². The molecule has 0 N–H and O–H groups in total. The highest BCUT2D eigenvalue weighted by atomic mass is 35.5. The van der Waals surface area contributed by atoms with Crippen molar-refractivity contribution in [3.8, 4) is 0 Å². The smallest absolute Gasteiger partial charge is 0.243 e. The summed E-state index contributed by atoms with van der Waals surface area (Å²) < 4.78 is 32.6. The first kappa shape index (κ1) is 15.8. The zero-order valence-corrected chi connectivity index (χ0v) is 13.4. The average Bonchev–Trinajstić information content (AvgIpc) is 2.64. The van der Waals surface area contributed by atoms with Gasteiger partial charge in [0.25, 0.3) is 0 Å². The van der Waals surface area contributed by atoms with E-state index in [1.54, 1.807) is 12.1 Å². The summed E-state index contributed by atoms with van der Waals surface area (Å²) in [6.45, 7) is 5.20. The van der Waals surface area contributed by atoms with Crippen molar-refractivity contribution in [1.29, 1.82) is 0 Å². The standard InChI is InChI=1S/C14H20ClNO3S/c1-11-10-16(7-4-8-19-11)20(17,18)14-6-3-5-13(9-15)12(14)2/h3,5-6,11H,4,7-10H2,1-2H3. The van der Waals surface area contributed by atoms with E-state index in [0.717, 1.165) is 17.5 Å². The van der Waals surface area contributed by atoms with E-state index in [4.69, 9.17) is 16.3 Å². The van der Waals surface area contributed by atoms with Crippen molar-refractivity contribution in [2.45, 2.75) is 37.1 Å². The molecule has 20 heavy (non-hydrogen) atoms. The molecule has 6 heteroatoms. The molecule has 1 fully saturated rings. The Morgan fingerprint density at radius 2 is 2.20 bits per heavy atom. The number of benzene rings is 1. The third-order valence-corrected chi connectivity index (χ3v) is 5.87. The first-order valence-corrected chi connectivity index (χ1v) is 8.70. The van der Waals surface area contributed by atoms with Crippen molar-refractivity contribution in [1.82, 2.24) is 4.31 Å². The molecular weight excluding hydrogens is 298 g/mol. The van der Waals surface area contributed by atoms with Crippen molar-refractivity contribution >= 4 is 21.6 Å². The monoisotopic (exact) mass is 317 g/mol. The molecule has 4 nitrogen and oxygen atoms in total. The molecule has 2 rings (SSSR count). The summed E-state index contributed by atoms with van der Waals surface area (Å²) in [6, 6.07) is 5.25. The Hall–Kier alpha value is -0.620. The number of hydrogen-bond acceptors (Lipinski definition) is 3. The third-order valence-electron chi connectivity index (χ3n) is 3.57. The number of ether oxygens (including phenoxy) is 1. The summed E-state index contributed by atoms with van der Waals surface area (Å²) in [5.41, 5.74) is 1.59. The number of halogens is 1. The maximum absolute atomic E-state index is 12.8. The van der Waals surface area contributed by atoms with Crippen molar-refractivity contribution in [3.05, 3.63) is 29.3 Å². The highest BCUT2D eigenvalue weighted by Gasteiger charge is 2.29. The SMILES string of the molecule is Cc1c(CCl)cccc1S(=O)(=O)N1CCCOC(C)C1. The predicted octanol–water partition coefficient (Wildman–Crippen LogP) is 2.53. The van der Waals surface area contributed by atoms with Gasteiger partial charge in [-0.1, -0.05) is 12.1 Å². The number of alkyl halides is 1. The summed E-state index contributed by atoms with van der Waals surface area (Å²) in [4.78, 5) is 0.352. The van der Waals surface area contributed by atoms with Crippen molar-refractivity contribution in [3.63, 3.8) is 0 Å². The van der Waals surface area contributed by atoms with Gasteiger partial charge in [0.05, 0.1) is 11.0 Å². The molecule has 0 amide bonds. The van der Waals surface area contributed by atoms with Gasteiger partial charge >= 0.3 is 0 Å². The number of hydrogen-bond donors (Lipinski definition) is 0. The molecule has 1 heterocycles. The minimum atomic E-state index is -3.49. The van der Waals surface area contributed by atoms with Crippen LogP contribution in [0.2, 0.25) is 0 Å². The molecule has 0 radical (unpaired) electrons. The Bertz CT molecular complexity index is 574.